The third-order valence-corrected chi connectivity index (χ3v) is 6.18. The van der Waals surface area contributed by atoms with Crippen LogP contribution in [0.2, 0.25) is 0 Å². The zero-order valence-corrected chi connectivity index (χ0v) is 14.3. The molecule has 0 aliphatic heterocycles. The van der Waals surface area contributed by atoms with Crippen molar-refractivity contribution >= 4 is 15.8 Å². The molecule has 0 N–H and O–H groups in total. The van der Waals surface area contributed by atoms with Gasteiger partial charge < -0.3 is 0 Å². The van der Waals surface area contributed by atoms with Crippen LogP contribution < -0.4 is 0 Å². The van der Waals surface area contributed by atoms with Crippen molar-refractivity contribution in [1.29, 1.82) is 0 Å². The molecule has 132 valence electrons. The monoisotopic (exact) mass is 373 g/mol. The van der Waals surface area contributed by atoms with Gasteiger partial charge in [0.1, 0.15) is 11.6 Å². The molecule has 1 aliphatic rings. The second-order valence-electron chi connectivity index (χ2n) is 6.02. The van der Waals surface area contributed by atoms with Crippen LogP contribution in [0.1, 0.15) is 22.5 Å². The summed E-state index contributed by atoms with van der Waals surface area (Å²) in [4.78, 5) is 11.8. The van der Waals surface area contributed by atoms with Crippen molar-refractivity contribution in [1.82, 2.24) is 3.97 Å². The van der Waals surface area contributed by atoms with Crippen LogP contribution in [0.3, 0.4) is 0 Å². The van der Waals surface area contributed by atoms with E-state index in [1.165, 1.54) is 36.4 Å². The van der Waals surface area contributed by atoms with Crippen LogP contribution in [-0.4, -0.2) is 18.2 Å². The topological polar surface area (TPSA) is 56.1 Å². The fraction of sp³-hybridized carbons (Fsp3) is 0.105. The Bertz CT molecular complexity index is 1150. The van der Waals surface area contributed by atoms with Crippen LogP contribution >= 0.6 is 0 Å². The SMILES string of the molecule is O=C1CCc2c1cc(-c1ccccc1F)n2S(=O)(=O)c1cccc(F)c1. The first-order valence-corrected chi connectivity index (χ1v) is 9.37. The lowest BCUT2D eigenvalue weighted by molar-refractivity contribution is 0.0994. The van der Waals surface area contributed by atoms with Crippen LogP contribution in [-0.2, 0) is 16.4 Å². The molecule has 0 saturated carbocycles. The third-order valence-electron chi connectivity index (χ3n) is 4.43. The van der Waals surface area contributed by atoms with E-state index in [2.05, 4.69) is 0 Å². The van der Waals surface area contributed by atoms with Crippen molar-refractivity contribution in [2.24, 2.45) is 0 Å². The summed E-state index contributed by atoms with van der Waals surface area (Å²) in [7, 11) is -4.20. The summed E-state index contributed by atoms with van der Waals surface area (Å²) >= 11 is 0. The fourth-order valence-electron chi connectivity index (χ4n) is 3.24. The summed E-state index contributed by atoms with van der Waals surface area (Å²) in [6, 6.07) is 11.7. The van der Waals surface area contributed by atoms with Crippen LogP contribution in [0.15, 0.2) is 59.5 Å². The van der Waals surface area contributed by atoms with E-state index < -0.39 is 21.7 Å². The van der Waals surface area contributed by atoms with Gasteiger partial charge in [0.25, 0.3) is 10.0 Å². The molecule has 0 fully saturated rings. The molecule has 1 aromatic heterocycles. The van der Waals surface area contributed by atoms with Crippen molar-refractivity contribution in [3.8, 4) is 11.3 Å². The summed E-state index contributed by atoms with van der Waals surface area (Å²) in [6.45, 7) is 0. The van der Waals surface area contributed by atoms with E-state index in [1.807, 2.05) is 0 Å². The highest BCUT2D eigenvalue weighted by atomic mass is 32.2. The molecule has 1 heterocycles. The Balaban J connectivity index is 2.04. The molecular formula is C19H13F2NO3S. The van der Waals surface area contributed by atoms with E-state index in [0.717, 1.165) is 16.1 Å². The molecule has 0 unspecified atom stereocenters. The predicted molar refractivity (Wildman–Crippen MR) is 91.5 cm³/mol. The molecule has 3 aromatic rings. The molecule has 0 bridgehead atoms. The maximum atomic E-state index is 14.3. The Labute approximate surface area is 148 Å². The number of halogens is 2. The van der Waals surface area contributed by atoms with Crippen LogP contribution in [0, 0.1) is 11.6 Å². The van der Waals surface area contributed by atoms with Gasteiger partial charge in [-0.25, -0.2) is 21.2 Å². The number of carbonyl (C=O) groups excluding carboxylic acids is 1. The number of nitrogens with zero attached hydrogens (tertiary/aromatic N) is 1. The number of hydrogen-bond donors (Lipinski definition) is 0. The largest absolute Gasteiger partial charge is 0.294 e. The lowest BCUT2D eigenvalue weighted by Gasteiger charge is -2.14. The minimum atomic E-state index is -4.20. The predicted octanol–water partition coefficient (Wildman–Crippen LogP) is 3.80. The van der Waals surface area contributed by atoms with E-state index in [-0.39, 0.29) is 40.3 Å². The van der Waals surface area contributed by atoms with Gasteiger partial charge in [-0.3, -0.25) is 4.79 Å². The standard InChI is InChI=1S/C19H13F2NO3S/c20-12-4-3-5-13(10-12)26(24,25)22-17-8-9-19(23)15(17)11-18(22)14-6-1-2-7-16(14)21/h1-7,10-11H,8-9H2. The molecule has 0 radical (unpaired) electrons. The number of hydrogen-bond acceptors (Lipinski definition) is 3. The zero-order chi connectivity index (χ0) is 18.5. The Kier molecular flexibility index (Phi) is 3.77. The maximum absolute atomic E-state index is 14.3. The average Bonchev–Trinajstić information content (AvgIpc) is 3.15. The van der Waals surface area contributed by atoms with E-state index in [4.69, 9.17) is 0 Å². The summed E-state index contributed by atoms with van der Waals surface area (Å²) in [6.07, 6.45) is 0.429. The molecule has 1 aliphatic carbocycles. The highest BCUT2D eigenvalue weighted by Gasteiger charge is 2.33. The lowest BCUT2D eigenvalue weighted by atomic mass is 10.1. The highest BCUT2D eigenvalue weighted by Crippen LogP contribution is 2.36. The Morgan fingerprint density at radius 3 is 2.38 bits per heavy atom. The summed E-state index contributed by atoms with van der Waals surface area (Å²) in [5, 5.41) is 0. The second-order valence-corrected chi connectivity index (χ2v) is 7.81. The molecule has 0 amide bonds. The number of carbonyl (C=O) groups is 1. The van der Waals surface area contributed by atoms with Gasteiger partial charge in [0, 0.05) is 23.2 Å². The van der Waals surface area contributed by atoms with Gasteiger partial charge in [0.15, 0.2) is 5.78 Å². The molecule has 4 nitrogen and oxygen atoms in total. The summed E-state index contributed by atoms with van der Waals surface area (Å²) in [5.41, 5.74) is 0.695. The quantitative estimate of drug-likeness (QED) is 0.702. The highest BCUT2D eigenvalue weighted by molar-refractivity contribution is 7.90. The van der Waals surface area contributed by atoms with Crippen molar-refractivity contribution in [2.75, 3.05) is 0 Å². The van der Waals surface area contributed by atoms with Gasteiger partial charge in [0.05, 0.1) is 10.6 Å². The minimum Gasteiger partial charge on any atom is -0.294 e. The zero-order valence-electron chi connectivity index (χ0n) is 13.4. The van der Waals surface area contributed by atoms with E-state index in [9.17, 15) is 22.0 Å². The third kappa shape index (κ3) is 2.47. The maximum Gasteiger partial charge on any atom is 0.268 e. The van der Waals surface area contributed by atoms with Gasteiger partial charge in [-0.05, 0) is 42.8 Å². The molecule has 0 spiro atoms. The van der Waals surface area contributed by atoms with Crippen molar-refractivity contribution in [2.45, 2.75) is 17.7 Å². The Morgan fingerprint density at radius 1 is 0.885 bits per heavy atom. The first kappa shape index (κ1) is 16.7. The number of aromatic nitrogens is 1. The van der Waals surface area contributed by atoms with Crippen LogP contribution in [0.5, 0.6) is 0 Å². The number of rotatable bonds is 3. The number of fused-ring (bicyclic) bond motifs is 1. The fourth-order valence-corrected chi connectivity index (χ4v) is 4.85. The minimum absolute atomic E-state index is 0.0606. The van der Waals surface area contributed by atoms with Crippen LogP contribution in [0.25, 0.3) is 11.3 Å². The van der Waals surface area contributed by atoms with Gasteiger partial charge in [-0.1, -0.05) is 18.2 Å². The normalized spacial score (nSPS) is 13.8. The first-order chi connectivity index (χ1) is 12.4. The summed E-state index contributed by atoms with van der Waals surface area (Å²) in [5.74, 6) is -1.49. The van der Waals surface area contributed by atoms with Crippen LogP contribution in [0.4, 0.5) is 8.78 Å². The molecule has 7 heteroatoms. The second kappa shape index (κ2) is 5.88. The number of ketones is 1. The summed E-state index contributed by atoms with van der Waals surface area (Å²) < 4.78 is 55.2. The van der Waals surface area contributed by atoms with Crippen molar-refractivity contribution in [3.05, 3.63) is 77.5 Å². The molecule has 0 atom stereocenters. The molecule has 0 saturated heterocycles. The Morgan fingerprint density at radius 2 is 1.65 bits per heavy atom. The van der Waals surface area contributed by atoms with Gasteiger partial charge in [-0.2, -0.15) is 0 Å². The number of Topliss-reactive ketones (excluding diaryl/α,β-unsaturated/α-hetero) is 1. The molecule has 26 heavy (non-hydrogen) atoms. The van der Waals surface area contributed by atoms with Gasteiger partial charge in [-0.15, -0.1) is 0 Å². The molecule has 4 rings (SSSR count). The molecule has 2 aromatic carbocycles. The number of benzene rings is 2. The smallest absolute Gasteiger partial charge is 0.268 e. The molecular weight excluding hydrogens is 360 g/mol. The average molecular weight is 373 g/mol. The Hall–Kier alpha value is -2.80. The first-order valence-electron chi connectivity index (χ1n) is 7.93. The lowest BCUT2D eigenvalue weighted by Crippen LogP contribution is -2.17. The van der Waals surface area contributed by atoms with Gasteiger partial charge in [0.2, 0.25) is 0 Å². The van der Waals surface area contributed by atoms with Crippen molar-refractivity contribution in [3.63, 3.8) is 0 Å². The van der Waals surface area contributed by atoms with E-state index in [1.54, 1.807) is 6.07 Å². The van der Waals surface area contributed by atoms with Gasteiger partial charge >= 0.3 is 0 Å². The van der Waals surface area contributed by atoms with E-state index >= 15 is 0 Å². The van der Waals surface area contributed by atoms with E-state index in [0.29, 0.717) is 5.69 Å². The van der Waals surface area contributed by atoms with Crippen molar-refractivity contribution < 1.29 is 22.0 Å².